The number of amides is 2. The Kier molecular flexibility index (Phi) is 5.81. The first-order chi connectivity index (χ1) is 17.3. The van der Waals surface area contributed by atoms with E-state index in [1.807, 2.05) is 19.1 Å². The molecule has 0 radical (unpaired) electrons. The van der Waals surface area contributed by atoms with Crippen LogP contribution in [0.15, 0.2) is 66.7 Å². The Bertz CT molecular complexity index is 1360. The van der Waals surface area contributed by atoms with Crippen molar-refractivity contribution in [3.8, 4) is 11.5 Å². The third-order valence-corrected chi connectivity index (χ3v) is 6.43. The van der Waals surface area contributed by atoms with Crippen LogP contribution in [-0.4, -0.2) is 37.1 Å². The zero-order valence-electron chi connectivity index (χ0n) is 19.8. The van der Waals surface area contributed by atoms with Crippen LogP contribution < -0.4 is 19.4 Å². The van der Waals surface area contributed by atoms with Crippen molar-refractivity contribution in [3.63, 3.8) is 0 Å². The fourth-order valence-corrected chi connectivity index (χ4v) is 4.83. The average Bonchev–Trinajstić information content (AvgIpc) is 3.39. The highest BCUT2D eigenvalue weighted by Gasteiger charge is 2.61. The van der Waals surface area contributed by atoms with E-state index < -0.39 is 34.8 Å². The highest BCUT2D eigenvalue weighted by Crippen LogP contribution is 2.51. The number of nitro groups is 1. The van der Waals surface area contributed by atoms with Gasteiger partial charge in [0.2, 0.25) is 5.91 Å². The maximum Gasteiger partial charge on any atom is 0.278 e. The number of fused-ring (bicyclic) bond motifs is 1. The lowest BCUT2D eigenvalue weighted by Gasteiger charge is -2.29. The maximum atomic E-state index is 13.8. The van der Waals surface area contributed by atoms with Gasteiger partial charge in [-0.1, -0.05) is 30.3 Å². The van der Waals surface area contributed by atoms with E-state index in [1.165, 1.54) is 31.4 Å². The second kappa shape index (κ2) is 8.97. The van der Waals surface area contributed by atoms with Crippen molar-refractivity contribution in [2.24, 2.45) is 5.92 Å². The molecule has 3 aromatic rings. The quantitative estimate of drug-likeness (QED) is 0.291. The van der Waals surface area contributed by atoms with Crippen molar-refractivity contribution in [1.82, 2.24) is 0 Å². The van der Waals surface area contributed by atoms with Crippen LogP contribution in [-0.2, 0) is 14.4 Å². The number of hydroxylamine groups is 1. The van der Waals surface area contributed by atoms with Crippen molar-refractivity contribution < 1.29 is 28.8 Å². The minimum atomic E-state index is -1.16. The van der Waals surface area contributed by atoms with E-state index in [0.29, 0.717) is 11.4 Å². The van der Waals surface area contributed by atoms with Crippen LogP contribution in [0.2, 0.25) is 0 Å². The van der Waals surface area contributed by atoms with E-state index in [0.717, 1.165) is 10.5 Å². The average molecular weight is 489 g/mol. The van der Waals surface area contributed by atoms with Crippen molar-refractivity contribution in [2.45, 2.75) is 19.1 Å². The second-order valence-corrected chi connectivity index (χ2v) is 8.53. The minimum absolute atomic E-state index is 0.168. The fourth-order valence-electron chi connectivity index (χ4n) is 4.83. The molecule has 10 heteroatoms. The van der Waals surface area contributed by atoms with E-state index in [4.69, 9.17) is 14.3 Å². The number of hydrogen-bond donors (Lipinski definition) is 0. The summed E-state index contributed by atoms with van der Waals surface area (Å²) in [5.41, 5.74) is 1.74. The molecule has 36 heavy (non-hydrogen) atoms. The molecule has 0 saturated carbocycles. The van der Waals surface area contributed by atoms with Crippen LogP contribution in [0.5, 0.6) is 11.5 Å². The molecule has 0 aliphatic carbocycles. The van der Waals surface area contributed by atoms with Crippen molar-refractivity contribution in [1.29, 1.82) is 0 Å². The van der Waals surface area contributed by atoms with Gasteiger partial charge in [0, 0.05) is 0 Å². The SMILES string of the molecule is COc1cc([C@@H]2[C@H]3C(=O)N(c4cccc(C)c4)C(=O)[C@@H]3ON2c2ccccc2)c([N+](=O)[O-])cc1OC. The Hall–Kier alpha value is -4.44. The molecule has 2 aliphatic rings. The molecule has 5 rings (SSSR count). The third-order valence-electron chi connectivity index (χ3n) is 6.43. The molecule has 3 atom stereocenters. The molecule has 0 N–H and O–H groups in total. The number of methoxy groups -OCH3 is 2. The molecule has 2 saturated heterocycles. The number of nitrogens with zero attached hydrogens (tertiary/aromatic N) is 3. The van der Waals surface area contributed by atoms with Crippen LogP contribution in [0.3, 0.4) is 0 Å². The Morgan fingerprint density at radius 3 is 2.19 bits per heavy atom. The number of nitro benzene ring substituents is 1. The molecule has 0 spiro atoms. The van der Waals surface area contributed by atoms with E-state index in [1.54, 1.807) is 42.5 Å². The van der Waals surface area contributed by atoms with Gasteiger partial charge in [0.1, 0.15) is 12.0 Å². The lowest BCUT2D eigenvalue weighted by atomic mass is 9.89. The first-order valence-electron chi connectivity index (χ1n) is 11.2. The summed E-state index contributed by atoms with van der Waals surface area (Å²) >= 11 is 0. The number of carbonyl (C=O) groups is 2. The van der Waals surface area contributed by atoms with Crippen LogP contribution in [0, 0.1) is 23.0 Å². The molecule has 3 aromatic carbocycles. The van der Waals surface area contributed by atoms with Gasteiger partial charge in [0.05, 0.1) is 42.1 Å². The molecule has 2 heterocycles. The van der Waals surface area contributed by atoms with Gasteiger partial charge in [-0.3, -0.25) is 24.5 Å². The van der Waals surface area contributed by atoms with E-state index in [2.05, 4.69) is 0 Å². The number of ether oxygens (including phenoxy) is 2. The molecule has 2 fully saturated rings. The van der Waals surface area contributed by atoms with Gasteiger partial charge in [-0.25, -0.2) is 9.96 Å². The number of anilines is 2. The number of para-hydroxylation sites is 1. The van der Waals surface area contributed by atoms with Crippen molar-refractivity contribution in [2.75, 3.05) is 24.2 Å². The Morgan fingerprint density at radius 2 is 1.56 bits per heavy atom. The lowest BCUT2D eigenvalue weighted by molar-refractivity contribution is -0.385. The summed E-state index contributed by atoms with van der Waals surface area (Å²) < 4.78 is 10.7. The summed E-state index contributed by atoms with van der Waals surface area (Å²) in [5, 5.41) is 13.5. The molecular formula is C26H23N3O7. The smallest absolute Gasteiger partial charge is 0.278 e. The molecule has 184 valence electrons. The zero-order valence-corrected chi connectivity index (χ0v) is 19.8. The van der Waals surface area contributed by atoms with Gasteiger partial charge >= 0.3 is 0 Å². The van der Waals surface area contributed by atoms with Gasteiger partial charge in [0.15, 0.2) is 17.6 Å². The first-order valence-corrected chi connectivity index (χ1v) is 11.2. The normalized spacial score (nSPS) is 21.0. The van der Waals surface area contributed by atoms with Gasteiger partial charge in [-0.15, -0.1) is 0 Å². The van der Waals surface area contributed by atoms with Crippen molar-refractivity contribution >= 4 is 28.9 Å². The molecule has 2 aliphatic heterocycles. The van der Waals surface area contributed by atoms with Crippen LogP contribution in [0.4, 0.5) is 17.1 Å². The van der Waals surface area contributed by atoms with E-state index >= 15 is 0 Å². The number of carbonyl (C=O) groups excluding carboxylic acids is 2. The number of imide groups is 1. The topological polar surface area (TPSA) is 111 Å². The number of rotatable bonds is 6. The van der Waals surface area contributed by atoms with Gasteiger partial charge in [0.25, 0.3) is 11.6 Å². The maximum absolute atomic E-state index is 13.8. The monoisotopic (exact) mass is 489 g/mol. The molecular weight excluding hydrogens is 466 g/mol. The molecule has 0 unspecified atom stereocenters. The molecule has 0 aromatic heterocycles. The van der Waals surface area contributed by atoms with Crippen LogP contribution in [0.1, 0.15) is 17.2 Å². The molecule has 10 nitrogen and oxygen atoms in total. The summed E-state index contributed by atoms with van der Waals surface area (Å²) in [4.78, 5) is 46.1. The summed E-state index contributed by atoms with van der Waals surface area (Å²) in [6.07, 6.45) is -1.16. The van der Waals surface area contributed by atoms with Crippen LogP contribution in [0.25, 0.3) is 0 Å². The van der Waals surface area contributed by atoms with Crippen LogP contribution >= 0.6 is 0 Å². The number of hydrogen-bond acceptors (Lipinski definition) is 8. The minimum Gasteiger partial charge on any atom is -0.493 e. The summed E-state index contributed by atoms with van der Waals surface area (Å²) in [6, 6.07) is 17.6. The molecule has 2 amide bonds. The highest BCUT2D eigenvalue weighted by molar-refractivity contribution is 6.24. The Balaban J connectivity index is 1.69. The number of aryl methyl sites for hydroxylation is 1. The first kappa shape index (κ1) is 23.3. The van der Waals surface area contributed by atoms with Gasteiger partial charge in [-0.2, -0.15) is 0 Å². The van der Waals surface area contributed by atoms with Crippen molar-refractivity contribution in [3.05, 3.63) is 88.0 Å². The standard InChI is InChI=1S/C26H23N3O7/c1-15-8-7-11-17(12-15)27-25(30)22-23(18-13-20(34-2)21(35-3)14-19(18)29(32)33)28(36-24(22)26(27)31)16-9-5-4-6-10-16/h4-14,22-24H,1-3H3/t22-,23-,24-/m1/s1. The Labute approximate surface area is 206 Å². The second-order valence-electron chi connectivity index (χ2n) is 8.53. The predicted octanol–water partition coefficient (Wildman–Crippen LogP) is 3.97. The largest absolute Gasteiger partial charge is 0.493 e. The summed E-state index contributed by atoms with van der Waals surface area (Å²) in [5.74, 6) is -1.63. The summed E-state index contributed by atoms with van der Waals surface area (Å²) in [7, 11) is 2.80. The van der Waals surface area contributed by atoms with E-state index in [9.17, 15) is 19.7 Å². The fraction of sp³-hybridized carbons (Fsp3) is 0.231. The van der Waals surface area contributed by atoms with Gasteiger partial charge in [-0.05, 0) is 42.8 Å². The third kappa shape index (κ3) is 3.62. The molecule has 0 bridgehead atoms. The summed E-state index contributed by atoms with van der Waals surface area (Å²) in [6.45, 7) is 1.86. The Morgan fingerprint density at radius 1 is 0.889 bits per heavy atom. The van der Waals surface area contributed by atoms with Gasteiger partial charge < -0.3 is 9.47 Å². The number of benzene rings is 3. The zero-order chi connectivity index (χ0) is 25.6. The lowest BCUT2D eigenvalue weighted by Crippen LogP contribution is -2.37. The highest BCUT2D eigenvalue weighted by atomic mass is 16.7. The van der Waals surface area contributed by atoms with E-state index in [-0.39, 0.29) is 22.7 Å². The predicted molar refractivity (Wildman–Crippen MR) is 130 cm³/mol.